The van der Waals surface area contributed by atoms with Gasteiger partial charge in [-0.25, -0.2) is 4.98 Å². The molecule has 18 heavy (non-hydrogen) atoms. The van der Waals surface area contributed by atoms with Gasteiger partial charge in [-0.2, -0.15) is 0 Å². The third-order valence-corrected chi connectivity index (χ3v) is 3.18. The van der Waals surface area contributed by atoms with Crippen molar-refractivity contribution in [2.75, 3.05) is 0 Å². The topological polar surface area (TPSA) is 26.0 Å². The maximum atomic E-state index is 5.77. The first-order valence-corrected chi connectivity index (χ1v) is 6.39. The summed E-state index contributed by atoms with van der Waals surface area (Å²) in [5, 5.41) is 0. The number of hydrogen-bond donors (Lipinski definition) is 0. The predicted octanol–water partition coefficient (Wildman–Crippen LogP) is 4.77. The van der Waals surface area contributed by atoms with Crippen LogP contribution in [0.3, 0.4) is 0 Å². The van der Waals surface area contributed by atoms with Crippen LogP contribution in [0.5, 0.6) is 0 Å². The molecular weight excluding hydrogens is 290 g/mol. The maximum absolute atomic E-state index is 5.77. The Bertz CT molecular complexity index is 644. The van der Waals surface area contributed by atoms with Gasteiger partial charge in [0.25, 0.3) is 0 Å². The molecule has 3 aromatic rings. The molecule has 0 fully saturated rings. The zero-order valence-electron chi connectivity index (χ0n) is 9.51. The quantitative estimate of drug-likeness (QED) is 0.681. The van der Waals surface area contributed by atoms with Gasteiger partial charge >= 0.3 is 0 Å². The van der Waals surface area contributed by atoms with E-state index in [1.807, 2.05) is 54.6 Å². The first kappa shape index (κ1) is 11.2. The predicted molar refractivity (Wildman–Crippen MR) is 75.1 cm³/mol. The van der Waals surface area contributed by atoms with Gasteiger partial charge in [0.2, 0.25) is 5.89 Å². The Hall–Kier alpha value is -1.87. The number of halogens is 1. The van der Waals surface area contributed by atoms with Gasteiger partial charge in [-0.15, -0.1) is 0 Å². The Morgan fingerprint density at radius 1 is 0.833 bits per heavy atom. The summed E-state index contributed by atoms with van der Waals surface area (Å²) in [4.78, 5) is 4.31. The van der Waals surface area contributed by atoms with E-state index in [-0.39, 0.29) is 0 Å². The van der Waals surface area contributed by atoms with E-state index in [9.17, 15) is 0 Å². The SMILES string of the molecule is Brc1ccc(-c2ncc(-c3ccccc3)o2)cc1. The van der Waals surface area contributed by atoms with Crippen molar-refractivity contribution in [1.29, 1.82) is 0 Å². The van der Waals surface area contributed by atoms with Crippen LogP contribution in [0.1, 0.15) is 0 Å². The minimum atomic E-state index is 0.640. The van der Waals surface area contributed by atoms with Crippen molar-refractivity contribution in [3.05, 3.63) is 65.3 Å². The fraction of sp³-hybridized carbons (Fsp3) is 0. The van der Waals surface area contributed by atoms with Crippen LogP contribution >= 0.6 is 15.9 Å². The fourth-order valence-electron chi connectivity index (χ4n) is 1.74. The van der Waals surface area contributed by atoms with Crippen LogP contribution in [-0.4, -0.2) is 4.98 Å². The number of nitrogens with zero attached hydrogens (tertiary/aromatic N) is 1. The van der Waals surface area contributed by atoms with Gasteiger partial charge in [0, 0.05) is 15.6 Å². The highest BCUT2D eigenvalue weighted by molar-refractivity contribution is 9.10. The summed E-state index contributed by atoms with van der Waals surface area (Å²) in [6, 6.07) is 17.9. The van der Waals surface area contributed by atoms with E-state index in [0.717, 1.165) is 21.4 Å². The van der Waals surface area contributed by atoms with Crippen LogP contribution in [0.2, 0.25) is 0 Å². The molecule has 0 aliphatic rings. The van der Waals surface area contributed by atoms with Crippen LogP contribution in [0.15, 0.2) is 69.7 Å². The molecule has 1 heterocycles. The Balaban J connectivity index is 1.97. The molecule has 2 aromatic carbocycles. The third kappa shape index (κ3) is 2.22. The van der Waals surface area contributed by atoms with Crippen molar-refractivity contribution in [2.24, 2.45) is 0 Å². The van der Waals surface area contributed by atoms with Crippen LogP contribution in [0.25, 0.3) is 22.8 Å². The lowest BCUT2D eigenvalue weighted by atomic mass is 10.2. The molecule has 0 unspecified atom stereocenters. The second-order valence-electron chi connectivity index (χ2n) is 3.90. The summed E-state index contributed by atoms with van der Waals surface area (Å²) in [5.41, 5.74) is 2.01. The highest BCUT2D eigenvalue weighted by Gasteiger charge is 2.07. The molecule has 0 radical (unpaired) electrons. The van der Waals surface area contributed by atoms with E-state index in [2.05, 4.69) is 20.9 Å². The zero-order chi connectivity index (χ0) is 12.4. The number of aromatic nitrogens is 1. The minimum Gasteiger partial charge on any atom is -0.436 e. The molecule has 0 aliphatic carbocycles. The van der Waals surface area contributed by atoms with E-state index in [1.54, 1.807) is 6.20 Å². The first-order chi connectivity index (χ1) is 8.83. The zero-order valence-corrected chi connectivity index (χ0v) is 11.1. The second-order valence-corrected chi connectivity index (χ2v) is 4.82. The van der Waals surface area contributed by atoms with Gasteiger partial charge in [-0.3, -0.25) is 0 Å². The number of hydrogen-bond acceptors (Lipinski definition) is 2. The van der Waals surface area contributed by atoms with Gasteiger partial charge < -0.3 is 4.42 Å². The second kappa shape index (κ2) is 4.78. The standard InChI is InChI=1S/C15H10BrNO/c16-13-8-6-12(7-9-13)15-17-10-14(18-15)11-4-2-1-3-5-11/h1-10H. The number of oxazole rings is 1. The van der Waals surface area contributed by atoms with Crippen molar-refractivity contribution in [3.8, 4) is 22.8 Å². The summed E-state index contributed by atoms with van der Waals surface area (Å²) < 4.78 is 6.81. The normalized spacial score (nSPS) is 10.5. The third-order valence-electron chi connectivity index (χ3n) is 2.66. The summed E-state index contributed by atoms with van der Waals surface area (Å²) >= 11 is 3.41. The fourth-order valence-corrected chi connectivity index (χ4v) is 2.00. The summed E-state index contributed by atoms with van der Waals surface area (Å²) in [5.74, 6) is 1.43. The van der Waals surface area contributed by atoms with E-state index >= 15 is 0 Å². The van der Waals surface area contributed by atoms with Crippen LogP contribution in [0.4, 0.5) is 0 Å². The molecule has 0 saturated carbocycles. The molecule has 0 atom stereocenters. The average molecular weight is 300 g/mol. The summed E-state index contributed by atoms with van der Waals surface area (Å²) in [6.45, 7) is 0. The largest absolute Gasteiger partial charge is 0.436 e. The van der Waals surface area contributed by atoms with Crippen molar-refractivity contribution >= 4 is 15.9 Å². The Labute approximate surface area is 113 Å². The van der Waals surface area contributed by atoms with Gasteiger partial charge in [0.1, 0.15) is 0 Å². The molecule has 0 aliphatic heterocycles. The van der Waals surface area contributed by atoms with Crippen molar-refractivity contribution in [2.45, 2.75) is 0 Å². The van der Waals surface area contributed by atoms with Crippen molar-refractivity contribution in [3.63, 3.8) is 0 Å². The first-order valence-electron chi connectivity index (χ1n) is 5.60. The highest BCUT2D eigenvalue weighted by atomic mass is 79.9. The Morgan fingerprint density at radius 3 is 2.28 bits per heavy atom. The molecular formula is C15H10BrNO. The van der Waals surface area contributed by atoms with E-state index in [4.69, 9.17) is 4.42 Å². The van der Waals surface area contributed by atoms with Gasteiger partial charge in [-0.1, -0.05) is 46.3 Å². The molecule has 2 nitrogen and oxygen atoms in total. The lowest BCUT2D eigenvalue weighted by molar-refractivity contribution is 0.589. The average Bonchev–Trinajstić information content (AvgIpc) is 2.90. The van der Waals surface area contributed by atoms with E-state index in [1.165, 1.54) is 0 Å². The summed E-state index contributed by atoms with van der Waals surface area (Å²) in [7, 11) is 0. The molecule has 0 spiro atoms. The molecule has 3 rings (SSSR count). The van der Waals surface area contributed by atoms with Gasteiger partial charge in [-0.05, 0) is 24.3 Å². The monoisotopic (exact) mass is 299 g/mol. The van der Waals surface area contributed by atoms with Crippen LogP contribution < -0.4 is 0 Å². The molecule has 0 amide bonds. The molecule has 0 N–H and O–H groups in total. The summed E-state index contributed by atoms with van der Waals surface area (Å²) in [6.07, 6.45) is 1.76. The molecule has 0 saturated heterocycles. The molecule has 88 valence electrons. The molecule has 1 aromatic heterocycles. The van der Waals surface area contributed by atoms with Crippen LogP contribution in [-0.2, 0) is 0 Å². The van der Waals surface area contributed by atoms with Gasteiger partial charge in [0.05, 0.1) is 6.20 Å². The number of rotatable bonds is 2. The molecule has 0 bridgehead atoms. The highest BCUT2D eigenvalue weighted by Crippen LogP contribution is 2.26. The van der Waals surface area contributed by atoms with E-state index in [0.29, 0.717) is 5.89 Å². The Morgan fingerprint density at radius 2 is 1.56 bits per heavy atom. The number of benzene rings is 2. The lowest BCUT2D eigenvalue weighted by Crippen LogP contribution is -1.75. The van der Waals surface area contributed by atoms with Crippen molar-refractivity contribution < 1.29 is 4.42 Å². The lowest BCUT2D eigenvalue weighted by Gasteiger charge is -1.96. The minimum absolute atomic E-state index is 0.640. The smallest absolute Gasteiger partial charge is 0.226 e. The Kier molecular flexibility index (Phi) is 2.99. The van der Waals surface area contributed by atoms with Crippen LogP contribution in [0, 0.1) is 0 Å². The van der Waals surface area contributed by atoms with E-state index < -0.39 is 0 Å². The van der Waals surface area contributed by atoms with Gasteiger partial charge in [0.15, 0.2) is 5.76 Å². The molecule has 3 heteroatoms. The maximum Gasteiger partial charge on any atom is 0.226 e. The van der Waals surface area contributed by atoms with Crippen molar-refractivity contribution in [1.82, 2.24) is 4.98 Å².